The van der Waals surface area contributed by atoms with Gasteiger partial charge in [0.2, 0.25) is 0 Å². The Morgan fingerprint density at radius 1 is 1.43 bits per heavy atom. The number of hydrogen-bond acceptors (Lipinski definition) is 2. The standard InChI is InChI=1S/C10H14FIN2/c11-9-4-3-7(12)6-8(9)10(14)2-1-5-13/h3-4,6,10H,1-2,5,13-14H2/t10-/m1/s1. The highest BCUT2D eigenvalue weighted by molar-refractivity contribution is 14.1. The highest BCUT2D eigenvalue weighted by Crippen LogP contribution is 2.21. The van der Waals surface area contributed by atoms with Crippen molar-refractivity contribution in [3.05, 3.63) is 33.1 Å². The fourth-order valence-electron chi connectivity index (χ4n) is 1.29. The van der Waals surface area contributed by atoms with Gasteiger partial charge in [-0.05, 0) is 60.2 Å². The summed E-state index contributed by atoms with van der Waals surface area (Å²) >= 11 is 2.15. The van der Waals surface area contributed by atoms with Crippen LogP contribution in [0.2, 0.25) is 0 Å². The zero-order chi connectivity index (χ0) is 10.6. The van der Waals surface area contributed by atoms with E-state index in [0.29, 0.717) is 12.1 Å². The van der Waals surface area contributed by atoms with Crippen molar-refractivity contribution >= 4 is 22.6 Å². The van der Waals surface area contributed by atoms with Crippen molar-refractivity contribution < 1.29 is 4.39 Å². The average molecular weight is 308 g/mol. The van der Waals surface area contributed by atoms with Crippen LogP contribution < -0.4 is 11.5 Å². The summed E-state index contributed by atoms with van der Waals surface area (Å²) in [7, 11) is 0. The zero-order valence-electron chi connectivity index (χ0n) is 7.84. The van der Waals surface area contributed by atoms with Crippen molar-refractivity contribution in [3.63, 3.8) is 0 Å². The molecule has 0 bridgehead atoms. The van der Waals surface area contributed by atoms with Crippen molar-refractivity contribution in [2.75, 3.05) is 6.54 Å². The minimum atomic E-state index is -0.242. The maximum atomic E-state index is 13.3. The van der Waals surface area contributed by atoms with Crippen molar-refractivity contribution in [1.82, 2.24) is 0 Å². The smallest absolute Gasteiger partial charge is 0.128 e. The molecule has 0 aliphatic heterocycles. The topological polar surface area (TPSA) is 52.0 Å². The van der Waals surface area contributed by atoms with E-state index in [4.69, 9.17) is 11.5 Å². The summed E-state index contributed by atoms with van der Waals surface area (Å²) in [6.07, 6.45) is 1.56. The largest absolute Gasteiger partial charge is 0.330 e. The van der Waals surface area contributed by atoms with E-state index < -0.39 is 0 Å². The van der Waals surface area contributed by atoms with E-state index in [-0.39, 0.29) is 11.9 Å². The molecule has 0 spiro atoms. The van der Waals surface area contributed by atoms with Crippen LogP contribution in [0, 0.1) is 9.39 Å². The van der Waals surface area contributed by atoms with E-state index in [1.54, 1.807) is 12.1 Å². The van der Waals surface area contributed by atoms with Gasteiger partial charge in [0.05, 0.1) is 0 Å². The molecular formula is C10H14FIN2. The summed E-state index contributed by atoms with van der Waals surface area (Å²) in [5, 5.41) is 0. The van der Waals surface area contributed by atoms with Gasteiger partial charge in [-0.25, -0.2) is 4.39 Å². The molecule has 0 unspecified atom stereocenters. The van der Waals surface area contributed by atoms with E-state index in [1.165, 1.54) is 6.07 Å². The first-order valence-corrected chi connectivity index (χ1v) is 5.63. The fraction of sp³-hybridized carbons (Fsp3) is 0.400. The van der Waals surface area contributed by atoms with Gasteiger partial charge in [0.1, 0.15) is 5.82 Å². The molecule has 0 saturated heterocycles. The Balaban J connectivity index is 2.77. The molecule has 0 radical (unpaired) electrons. The Morgan fingerprint density at radius 3 is 2.79 bits per heavy atom. The Morgan fingerprint density at radius 2 is 2.14 bits per heavy atom. The first-order valence-electron chi connectivity index (χ1n) is 4.55. The minimum absolute atomic E-state index is 0.227. The van der Waals surface area contributed by atoms with Gasteiger partial charge in [0.15, 0.2) is 0 Å². The molecule has 1 aromatic carbocycles. The van der Waals surface area contributed by atoms with Crippen molar-refractivity contribution in [2.45, 2.75) is 18.9 Å². The lowest BCUT2D eigenvalue weighted by atomic mass is 10.0. The fourth-order valence-corrected chi connectivity index (χ4v) is 1.81. The second-order valence-corrected chi connectivity index (χ2v) is 4.45. The van der Waals surface area contributed by atoms with E-state index in [0.717, 1.165) is 16.4 Å². The highest BCUT2D eigenvalue weighted by atomic mass is 127. The van der Waals surface area contributed by atoms with E-state index in [9.17, 15) is 4.39 Å². The van der Waals surface area contributed by atoms with Crippen LogP contribution in [-0.2, 0) is 0 Å². The second-order valence-electron chi connectivity index (χ2n) is 3.20. The Hall–Kier alpha value is -0.200. The van der Waals surface area contributed by atoms with Gasteiger partial charge in [0.25, 0.3) is 0 Å². The molecule has 4 heteroatoms. The highest BCUT2D eigenvalue weighted by Gasteiger charge is 2.10. The quantitative estimate of drug-likeness (QED) is 0.838. The maximum absolute atomic E-state index is 13.3. The molecule has 0 aromatic heterocycles. The molecule has 1 rings (SSSR count). The third-order valence-electron chi connectivity index (χ3n) is 2.08. The summed E-state index contributed by atoms with van der Waals surface area (Å²) < 4.78 is 14.3. The molecule has 0 aliphatic carbocycles. The molecule has 0 amide bonds. The maximum Gasteiger partial charge on any atom is 0.128 e. The normalized spacial score (nSPS) is 12.9. The number of rotatable bonds is 4. The van der Waals surface area contributed by atoms with Crippen molar-refractivity contribution in [3.8, 4) is 0 Å². The van der Waals surface area contributed by atoms with E-state index in [1.807, 2.05) is 0 Å². The van der Waals surface area contributed by atoms with Crippen molar-refractivity contribution in [2.24, 2.45) is 11.5 Å². The van der Waals surface area contributed by atoms with Crippen LogP contribution in [0.3, 0.4) is 0 Å². The number of hydrogen-bond donors (Lipinski definition) is 2. The predicted molar refractivity (Wildman–Crippen MR) is 64.3 cm³/mol. The SMILES string of the molecule is NCCC[C@@H](N)c1cc(I)ccc1F. The van der Waals surface area contributed by atoms with Gasteiger partial charge in [-0.1, -0.05) is 0 Å². The molecule has 4 N–H and O–H groups in total. The molecule has 0 heterocycles. The van der Waals surface area contributed by atoms with Gasteiger partial charge < -0.3 is 11.5 Å². The van der Waals surface area contributed by atoms with Crippen LogP contribution in [0.1, 0.15) is 24.4 Å². The molecule has 14 heavy (non-hydrogen) atoms. The molecule has 78 valence electrons. The lowest BCUT2D eigenvalue weighted by Crippen LogP contribution is -2.14. The first kappa shape index (κ1) is 11.9. The second kappa shape index (κ2) is 5.63. The van der Waals surface area contributed by atoms with Crippen LogP contribution >= 0.6 is 22.6 Å². The molecular weight excluding hydrogens is 294 g/mol. The molecule has 0 saturated carbocycles. The lowest BCUT2D eigenvalue weighted by molar-refractivity contribution is 0.553. The van der Waals surface area contributed by atoms with Gasteiger partial charge >= 0.3 is 0 Å². The summed E-state index contributed by atoms with van der Waals surface area (Å²) in [5.41, 5.74) is 11.8. The molecule has 0 aliphatic rings. The molecule has 1 atom stereocenters. The van der Waals surface area contributed by atoms with Crippen LogP contribution in [0.4, 0.5) is 4.39 Å². The number of benzene rings is 1. The summed E-state index contributed by atoms with van der Waals surface area (Å²) in [6, 6.07) is 4.74. The number of halogens is 2. The first-order chi connectivity index (χ1) is 6.65. The summed E-state index contributed by atoms with van der Waals surface area (Å²) in [5.74, 6) is -0.227. The van der Waals surface area contributed by atoms with Crippen molar-refractivity contribution in [1.29, 1.82) is 0 Å². The molecule has 0 fully saturated rings. The van der Waals surface area contributed by atoms with E-state index >= 15 is 0 Å². The predicted octanol–water partition coefficient (Wildman–Crippen LogP) is 2.17. The zero-order valence-corrected chi connectivity index (χ0v) is 10.00. The lowest BCUT2D eigenvalue weighted by Gasteiger charge is -2.12. The monoisotopic (exact) mass is 308 g/mol. The van der Waals surface area contributed by atoms with Gasteiger partial charge in [-0.3, -0.25) is 0 Å². The van der Waals surface area contributed by atoms with Crippen LogP contribution in [-0.4, -0.2) is 6.54 Å². The number of nitrogens with two attached hydrogens (primary N) is 2. The van der Waals surface area contributed by atoms with E-state index in [2.05, 4.69) is 22.6 Å². The Kier molecular flexibility index (Phi) is 4.77. The minimum Gasteiger partial charge on any atom is -0.330 e. The third-order valence-corrected chi connectivity index (χ3v) is 2.75. The van der Waals surface area contributed by atoms with Gasteiger partial charge in [-0.15, -0.1) is 0 Å². The average Bonchev–Trinajstić information content (AvgIpc) is 2.18. The molecule has 2 nitrogen and oxygen atoms in total. The van der Waals surface area contributed by atoms with Crippen LogP contribution in [0.25, 0.3) is 0 Å². The van der Waals surface area contributed by atoms with Crippen LogP contribution in [0.5, 0.6) is 0 Å². The van der Waals surface area contributed by atoms with Gasteiger partial charge in [0, 0.05) is 15.2 Å². The van der Waals surface area contributed by atoms with Gasteiger partial charge in [-0.2, -0.15) is 0 Å². The molecule has 1 aromatic rings. The Bertz CT molecular complexity index is 304. The third kappa shape index (κ3) is 3.18. The Labute approximate surface area is 97.0 Å². The summed E-state index contributed by atoms with van der Waals surface area (Å²) in [6.45, 7) is 0.596. The summed E-state index contributed by atoms with van der Waals surface area (Å²) in [4.78, 5) is 0. The van der Waals surface area contributed by atoms with Crippen LogP contribution in [0.15, 0.2) is 18.2 Å².